The number of nitrogens with one attached hydrogen (secondary N) is 1. The molecule has 1 nitrogen and oxygen atoms in total. The van der Waals surface area contributed by atoms with Crippen LogP contribution in [0.1, 0.15) is 5.56 Å². The van der Waals surface area contributed by atoms with E-state index < -0.39 is 29.5 Å². The molecule has 10 heteroatoms. The van der Waals surface area contributed by atoms with E-state index in [4.69, 9.17) is 0 Å². The average molecular weight is 385 g/mol. The second-order valence-corrected chi connectivity index (χ2v) is 5.65. The number of fused-ring (bicyclic) bond motifs is 3. The smallest absolute Gasteiger partial charge is 0.355 e. The highest BCUT2D eigenvalue weighted by atomic mass is 19.4. The van der Waals surface area contributed by atoms with Crippen molar-refractivity contribution in [3.05, 3.63) is 48.0 Å². The SMILES string of the molecule is FC(F)(F)C(F)(F)C(F)(F)C(F)(F)c1ccc2[nH]c3ccccc3c2c1. The molecule has 0 aliphatic rings. The van der Waals surface area contributed by atoms with Gasteiger partial charge in [0.15, 0.2) is 0 Å². The van der Waals surface area contributed by atoms with Gasteiger partial charge in [0.1, 0.15) is 0 Å². The maximum absolute atomic E-state index is 14.1. The Morgan fingerprint density at radius 3 is 1.81 bits per heavy atom. The van der Waals surface area contributed by atoms with Crippen molar-refractivity contribution in [2.75, 3.05) is 0 Å². The number of halogens is 9. The first-order valence-electron chi connectivity index (χ1n) is 7.02. The normalized spacial score (nSPS) is 14.3. The quantitative estimate of drug-likeness (QED) is 0.514. The molecule has 0 saturated carbocycles. The summed E-state index contributed by atoms with van der Waals surface area (Å²) in [4.78, 5) is 2.79. The summed E-state index contributed by atoms with van der Waals surface area (Å²) < 4.78 is 118. The Hall–Kier alpha value is -2.39. The van der Waals surface area contributed by atoms with Crippen LogP contribution >= 0.6 is 0 Å². The van der Waals surface area contributed by atoms with Crippen LogP contribution in [0.5, 0.6) is 0 Å². The summed E-state index contributed by atoms with van der Waals surface area (Å²) in [5.41, 5.74) is -0.962. The molecule has 0 saturated heterocycles. The molecule has 0 amide bonds. The molecule has 0 radical (unpaired) electrons. The molecular formula is C16H8F9N. The summed E-state index contributed by atoms with van der Waals surface area (Å²) in [5, 5.41) is 0.315. The highest BCUT2D eigenvalue weighted by Gasteiger charge is 2.82. The fourth-order valence-electron chi connectivity index (χ4n) is 2.60. The van der Waals surface area contributed by atoms with Crippen LogP contribution in [0.25, 0.3) is 21.8 Å². The van der Waals surface area contributed by atoms with E-state index in [1.54, 1.807) is 12.1 Å². The topological polar surface area (TPSA) is 15.8 Å². The van der Waals surface area contributed by atoms with Gasteiger partial charge in [0.05, 0.1) is 0 Å². The lowest BCUT2D eigenvalue weighted by molar-refractivity contribution is -0.399. The molecule has 3 aromatic rings. The van der Waals surface area contributed by atoms with E-state index in [9.17, 15) is 39.5 Å². The van der Waals surface area contributed by atoms with Crippen molar-refractivity contribution in [3.8, 4) is 0 Å². The number of benzene rings is 2. The van der Waals surface area contributed by atoms with E-state index in [0.29, 0.717) is 23.0 Å². The molecule has 0 spiro atoms. The summed E-state index contributed by atoms with van der Waals surface area (Å²) in [6.07, 6.45) is -6.84. The van der Waals surface area contributed by atoms with Crippen LogP contribution in [0, 0.1) is 0 Å². The first-order chi connectivity index (χ1) is 11.8. The fourth-order valence-corrected chi connectivity index (χ4v) is 2.60. The van der Waals surface area contributed by atoms with Crippen LogP contribution in [0.4, 0.5) is 39.5 Å². The standard InChI is InChI=1S/C16H8F9N/c17-13(18,14(19,20)15(21,22)16(23,24)25)8-5-6-12-10(7-8)9-3-1-2-4-11(9)26-12/h1-7,26H. The Balaban J connectivity index is 2.19. The highest BCUT2D eigenvalue weighted by Crippen LogP contribution is 2.56. The van der Waals surface area contributed by atoms with Gasteiger partial charge in [0.25, 0.3) is 0 Å². The molecule has 0 aliphatic heterocycles. The second kappa shape index (κ2) is 5.31. The van der Waals surface area contributed by atoms with Crippen molar-refractivity contribution in [1.82, 2.24) is 4.98 Å². The summed E-state index contributed by atoms with van der Waals surface area (Å²) in [6.45, 7) is 0. The molecule has 0 fully saturated rings. The zero-order valence-electron chi connectivity index (χ0n) is 12.4. The number of alkyl halides is 9. The number of H-pyrrole nitrogens is 1. The molecule has 1 aromatic heterocycles. The molecule has 3 rings (SSSR count). The average Bonchev–Trinajstić information content (AvgIpc) is 2.91. The van der Waals surface area contributed by atoms with Gasteiger partial charge in [-0.3, -0.25) is 0 Å². The van der Waals surface area contributed by atoms with Crippen LogP contribution in [0.15, 0.2) is 42.5 Å². The van der Waals surface area contributed by atoms with E-state index in [1.807, 2.05) is 0 Å². The summed E-state index contributed by atoms with van der Waals surface area (Å²) >= 11 is 0. The Bertz CT molecular complexity index is 969. The van der Waals surface area contributed by atoms with Crippen LogP contribution in [0.3, 0.4) is 0 Å². The molecule has 0 aliphatic carbocycles. The molecular weight excluding hydrogens is 377 g/mol. The predicted molar refractivity (Wildman–Crippen MR) is 75.6 cm³/mol. The van der Waals surface area contributed by atoms with Gasteiger partial charge in [-0.15, -0.1) is 0 Å². The van der Waals surface area contributed by atoms with Crippen molar-refractivity contribution < 1.29 is 39.5 Å². The molecule has 0 atom stereocenters. The van der Waals surface area contributed by atoms with Crippen LogP contribution in [0.2, 0.25) is 0 Å². The van der Waals surface area contributed by atoms with Crippen LogP contribution < -0.4 is 0 Å². The van der Waals surface area contributed by atoms with E-state index in [-0.39, 0.29) is 10.9 Å². The lowest BCUT2D eigenvalue weighted by Gasteiger charge is -2.33. The zero-order valence-corrected chi connectivity index (χ0v) is 12.4. The summed E-state index contributed by atoms with van der Waals surface area (Å²) in [5.74, 6) is -19.4. The second-order valence-electron chi connectivity index (χ2n) is 5.65. The lowest BCUT2D eigenvalue weighted by atomic mass is 9.95. The van der Waals surface area contributed by atoms with Crippen LogP contribution in [-0.4, -0.2) is 23.0 Å². The summed E-state index contributed by atoms with van der Waals surface area (Å²) in [7, 11) is 0. The minimum Gasteiger partial charge on any atom is -0.355 e. The number of hydrogen-bond donors (Lipinski definition) is 1. The number of hydrogen-bond acceptors (Lipinski definition) is 0. The minimum absolute atomic E-state index is 0.0103. The fraction of sp³-hybridized carbons (Fsp3) is 0.250. The van der Waals surface area contributed by atoms with Gasteiger partial charge in [0, 0.05) is 27.4 Å². The van der Waals surface area contributed by atoms with Crippen molar-refractivity contribution in [2.24, 2.45) is 0 Å². The molecule has 26 heavy (non-hydrogen) atoms. The Morgan fingerprint density at radius 1 is 0.615 bits per heavy atom. The lowest BCUT2D eigenvalue weighted by Crippen LogP contribution is -2.59. The number of para-hydroxylation sites is 1. The van der Waals surface area contributed by atoms with Gasteiger partial charge in [-0.1, -0.05) is 24.3 Å². The maximum atomic E-state index is 14.1. The Morgan fingerprint density at radius 2 is 1.19 bits per heavy atom. The molecule has 0 unspecified atom stereocenters. The largest absolute Gasteiger partial charge is 0.460 e. The molecule has 2 aromatic carbocycles. The third kappa shape index (κ3) is 2.34. The van der Waals surface area contributed by atoms with Gasteiger partial charge in [-0.2, -0.15) is 39.5 Å². The first kappa shape index (κ1) is 18.4. The van der Waals surface area contributed by atoms with E-state index >= 15 is 0 Å². The van der Waals surface area contributed by atoms with Gasteiger partial charge in [-0.05, 0) is 18.2 Å². The molecule has 0 bridgehead atoms. The van der Waals surface area contributed by atoms with Crippen molar-refractivity contribution in [3.63, 3.8) is 0 Å². The van der Waals surface area contributed by atoms with Gasteiger partial charge < -0.3 is 4.98 Å². The van der Waals surface area contributed by atoms with Gasteiger partial charge >= 0.3 is 23.9 Å². The minimum atomic E-state index is -6.92. The third-order valence-electron chi connectivity index (χ3n) is 4.01. The first-order valence-corrected chi connectivity index (χ1v) is 7.02. The molecule has 1 N–H and O–H groups in total. The Labute approximate surface area is 139 Å². The monoisotopic (exact) mass is 385 g/mol. The van der Waals surface area contributed by atoms with E-state index in [1.165, 1.54) is 12.1 Å². The Kier molecular flexibility index (Phi) is 3.76. The number of aromatic amines is 1. The highest BCUT2D eigenvalue weighted by molar-refractivity contribution is 6.07. The van der Waals surface area contributed by atoms with Gasteiger partial charge in [-0.25, -0.2) is 0 Å². The number of aromatic nitrogens is 1. The number of rotatable bonds is 3. The van der Waals surface area contributed by atoms with Crippen LogP contribution in [-0.2, 0) is 5.92 Å². The summed E-state index contributed by atoms with van der Waals surface area (Å²) in [6, 6.07) is 7.92. The maximum Gasteiger partial charge on any atom is 0.460 e. The van der Waals surface area contributed by atoms with E-state index in [2.05, 4.69) is 4.98 Å². The zero-order chi connectivity index (χ0) is 19.5. The molecule has 140 valence electrons. The molecule has 1 heterocycles. The van der Waals surface area contributed by atoms with Crippen molar-refractivity contribution in [1.29, 1.82) is 0 Å². The third-order valence-corrected chi connectivity index (χ3v) is 4.01. The van der Waals surface area contributed by atoms with Crippen molar-refractivity contribution >= 4 is 21.8 Å². The van der Waals surface area contributed by atoms with Gasteiger partial charge in [0.2, 0.25) is 0 Å². The van der Waals surface area contributed by atoms with E-state index in [0.717, 1.165) is 6.07 Å². The predicted octanol–water partition coefficient (Wildman–Crippen LogP) is 6.25. The van der Waals surface area contributed by atoms with Crippen molar-refractivity contribution in [2.45, 2.75) is 23.9 Å².